The highest BCUT2D eigenvalue weighted by Crippen LogP contribution is 2.38. The van der Waals surface area contributed by atoms with Gasteiger partial charge in [0.2, 0.25) is 0 Å². The van der Waals surface area contributed by atoms with Crippen LogP contribution >= 0.6 is 0 Å². The number of ketones is 1. The van der Waals surface area contributed by atoms with Crippen LogP contribution in [0.4, 0.5) is 0 Å². The molecule has 0 amide bonds. The van der Waals surface area contributed by atoms with Crippen molar-refractivity contribution < 1.29 is 14.3 Å². The Morgan fingerprint density at radius 2 is 1.41 bits per heavy atom. The van der Waals surface area contributed by atoms with Gasteiger partial charge in [0.05, 0.1) is 20.8 Å². The fraction of sp³-hybridized carbons (Fsp3) is 0.571. The first-order chi connectivity index (χ1) is 19.2. The Labute approximate surface area is 237 Å². The van der Waals surface area contributed by atoms with Crippen molar-refractivity contribution >= 4 is 5.78 Å². The largest absolute Gasteiger partial charge is 0.493 e. The summed E-state index contributed by atoms with van der Waals surface area (Å²) in [6.45, 7) is 3.51. The van der Waals surface area contributed by atoms with E-state index < -0.39 is 0 Å². The highest BCUT2D eigenvalue weighted by molar-refractivity contribution is 5.80. The standard InChI is InChI=1S/C35H51NO3/c1-4-5-6-7-8-9-10-11-12-13-14-15-16-20-23-32(37)28-36-27-31-26-35(39-3)34(38-2)25-30(31)24-33(36)29-21-18-17-19-22-29/h11-12,17-19,21-22,25-26,33H,4-10,13-16,20,23-24,27-28H2,1-3H3. The van der Waals surface area contributed by atoms with E-state index in [2.05, 4.69) is 66.4 Å². The molecule has 0 radical (unpaired) electrons. The van der Waals surface area contributed by atoms with Gasteiger partial charge in [-0.05, 0) is 67.3 Å². The van der Waals surface area contributed by atoms with E-state index >= 15 is 0 Å². The zero-order chi connectivity index (χ0) is 27.7. The predicted octanol–water partition coefficient (Wildman–Crippen LogP) is 9.02. The molecule has 0 fully saturated rings. The number of allylic oxidation sites excluding steroid dienone is 2. The molecule has 3 rings (SSSR count). The van der Waals surface area contributed by atoms with Crippen LogP contribution in [0.25, 0.3) is 0 Å². The van der Waals surface area contributed by atoms with Gasteiger partial charge in [0.15, 0.2) is 11.5 Å². The monoisotopic (exact) mass is 533 g/mol. The number of fused-ring (bicyclic) bond motifs is 1. The minimum atomic E-state index is 0.184. The van der Waals surface area contributed by atoms with Crippen molar-refractivity contribution in [3.8, 4) is 11.5 Å². The SMILES string of the molecule is CCCCCCCCC=CCCCCCCC(=O)CN1Cc2cc(OC)c(OC)cc2CC1c1ccccc1. The normalized spacial score (nSPS) is 15.4. The fourth-order valence-electron chi connectivity index (χ4n) is 5.66. The molecule has 1 aliphatic rings. The van der Waals surface area contributed by atoms with Gasteiger partial charge in [0.25, 0.3) is 0 Å². The Bertz CT molecular complexity index is 1000. The average molecular weight is 534 g/mol. The van der Waals surface area contributed by atoms with Crippen molar-refractivity contribution in [3.05, 3.63) is 71.3 Å². The van der Waals surface area contributed by atoms with E-state index in [4.69, 9.17) is 9.47 Å². The molecule has 4 nitrogen and oxygen atoms in total. The third-order valence-electron chi connectivity index (χ3n) is 7.96. The number of hydrogen-bond acceptors (Lipinski definition) is 4. The van der Waals surface area contributed by atoms with E-state index in [1.165, 1.54) is 80.9 Å². The second-order valence-electron chi connectivity index (χ2n) is 11.0. The Morgan fingerprint density at radius 3 is 2.05 bits per heavy atom. The molecule has 1 atom stereocenters. The molecule has 4 heteroatoms. The lowest BCUT2D eigenvalue weighted by molar-refractivity contribution is -0.121. The van der Waals surface area contributed by atoms with Gasteiger partial charge in [-0.3, -0.25) is 9.69 Å². The Kier molecular flexibility index (Phi) is 14.2. The van der Waals surface area contributed by atoms with Gasteiger partial charge in [0, 0.05) is 19.0 Å². The van der Waals surface area contributed by atoms with E-state index in [0.717, 1.165) is 37.3 Å². The van der Waals surface area contributed by atoms with Gasteiger partial charge in [-0.15, -0.1) is 0 Å². The first kappa shape index (κ1) is 30.9. The maximum atomic E-state index is 13.0. The number of nitrogens with zero attached hydrogens (tertiary/aromatic N) is 1. The second-order valence-corrected chi connectivity index (χ2v) is 11.0. The molecule has 0 N–H and O–H groups in total. The summed E-state index contributed by atoms with van der Waals surface area (Å²) >= 11 is 0. The molecular weight excluding hydrogens is 482 g/mol. The molecule has 1 aliphatic heterocycles. The van der Waals surface area contributed by atoms with Crippen LogP contribution in [0.15, 0.2) is 54.6 Å². The molecule has 0 spiro atoms. The quantitative estimate of drug-likeness (QED) is 0.133. The molecular formula is C35H51NO3. The van der Waals surface area contributed by atoms with E-state index in [1.807, 2.05) is 0 Å². The van der Waals surface area contributed by atoms with Crippen LogP contribution in [0.5, 0.6) is 11.5 Å². The van der Waals surface area contributed by atoms with Crippen LogP contribution in [0, 0.1) is 0 Å². The van der Waals surface area contributed by atoms with Gasteiger partial charge in [0.1, 0.15) is 5.78 Å². The first-order valence-electron chi connectivity index (χ1n) is 15.4. The van der Waals surface area contributed by atoms with Crippen molar-refractivity contribution in [1.29, 1.82) is 0 Å². The molecule has 0 saturated carbocycles. The molecule has 0 saturated heterocycles. The summed E-state index contributed by atoms with van der Waals surface area (Å²) in [5.74, 6) is 1.86. The van der Waals surface area contributed by atoms with Crippen LogP contribution in [0.2, 0.25) is 0 Å². The fourth-order valence-corrected chi connectivity index (χ4v) is 5.66. The molecule has 214 valence electrons. The number of benzene rings is 2. The zero-order valence-corrected chi connectivity index (χ0v) is 24.8. The summed E-state index contributed by atoms with van der Waals surface area (Å²) in [4.78, 5) is 15.4. The highest BCUT2D eigenvalue weighted by atomic mass is 16.5. The number of carbonyl (C=O) groups is 1. The number of Topliss-reactive ketones (excluding diaryl/α,β-unsaturated/α-hetero) is 1. The topological polar surface area (TPSA) is 38.8 Å². The maximum Gasteiger partial charge on any atom is 0.161 e. The number of methoxy groups -OCH3 is 2. The number of rotatable bonds is 19. The van der Waals surface area contributed by atoms with Gasteiger partial charge in [-0.25, -0.2) is 0 Å². The maximum absolute atomic E-state index is 13.0. The zero-order valence-electron chi connectivity index (χ0n) is 24.8. The van der Waals surface area contributed by atoms with Gasteiger partial charge in [-0.1, -0.05) is 94.4 Å². The molecule has 0 aliphatic carbocycles. The van der Waals surface area contributed by atoms with Gasteiger partial charge in [-0.2, -0.15) is 0 Å². The summed E-state index contributed by atoms with van der Waals surface area (Å²) in [6.07, 6.45) is 21.4. The predicted molar refractivity (Wildman–Crippen MR) is 163 cm³/mol. The lowest BCUT2D eigenvalue weighted by atomic mass is 9.89. The molecule has 2 aromatic carbocycles. The van der Waals surface area contributed by atoms with Gasteiger partial charge < -0.3 is 9.47 Å². The van der Waals surface area contributed by atoms with Crippen molar-refractivity contribution in [2.24, 2.45) is 0 Å². The van der Waals surface area contributed by atoms with E-state index in [-0.39, 0.29) is 6.04 Å². The molecule has 0 aromatic heterocycles. The smallest absolute Gasteiger partial charge is 0.161 e. The second kappa shape index (κ2) is 17.9. The van der Waals surface area contributed by atoms with E-state index in [0.29, 0.717) is 18.7 Å². The summed E-state index contributed by atoms with van der Waals surface area (Å²) < 4.78 is 11.1. The molecule has 1 heterocycles. The summed E-state index contributed by atoms with van der Waals surface area (Å²) in [6, 6.07) is 14.9. The minimum Gasteiger partial charge on any atom is -0.493 e. The summed E-state index contributed by atoms with van der Waals surface area (Å²) in [7, 11) is 3.36. The number of ether oxygens (including phenoxy) is 2. The van der Waals surface area contributed by atoms with Crippen LogP contribution in [0.3, 0.4) is 0 Å². The number of unbranched alkanes of at least 4 members (excludes halogenated alkanes) is 10. The molecule has 2 aromatic rings. The lowest BCUT2D eigenvalue weighted by Gasteiger charge is -2.37. The Hall–Kier alpha value is -2.59. The molecule has 39 heavy (non-hydrogen) atoms. The Balaban J connectivity index is 1.41. The Morgan fingerprint density at radius 1 is 0.821 bits per heavy atom. The van der Waals surface area contributed by atoms with Crippen LogP contribution in [-0.4, -0.2) is 31.4 Å². The number of carbonyl (C=O) groups excluding carboxylic acids is 1. The van der Waals surface area contributed by atoms with Crippen molar-refractivity contribution in [2.75, 3.05) is 20.8 Å². The van der Waals surface area contributed by atoms with E-state index in [9.17, 15) is 4.79 Å². The lowest BCUT2D eigenvalue weighted by Crippen LogP contribution is -2.37. The van der Waals surface area contributed by atoms with Crippen LogP contribution in [0.1, 0.15) is 113 Å². The van der Waals surface area contributed by atoms with Crippen LogP contribution < -0.4 is 9.47 Å². The average Bonchev–Trinajstić information content (AvgIpc) is 2.96. The number of hydrogen-bond donors (Lipinski definition) is 0. The third kappa shape index (κ3) is 10.5. The first-order valence-corrected chi connectivity index (χ1v) is 15.4. The highest BCUT2D eigenvalue weighted by Gasteiger charge is 2.30. The molecule has 1 unspecified atom stereocenters. The van der Waals surface area contributed by atoms with E-state index in [1.54, 1.807) is 14.2 Å². The minimum absolute atomic E-state index is 0.184. The molecule has 0 bridgehead atoms. The third-order valence-corrected chi connectivity index (χ3v) is 7.96. The van der Waals surface area contributed by atoms with Gasteiger partial charge >= 0.3 is 0 Å². The van der Waals surface area contributed by atoms with Crippen LogP contribution in [-0.2, 0) is 17.8 Å². The summed E-state index contributed by atoms with van der Waals surface area (Å²) in [5.41, 5.74) is 3.75. The van der Waals surface area contributed by atoms with Crippen molar-refractivity contribution in [3.63, 3.8) is 0 Å². The summed E-state index contributed by atoms with van der Waals surface area (Å²) in [5, 5.41) is 0. The van der Waals surface area contributed by atoms with Crippen molar-refractivity contribution in [1.82, 2.24) is 4.90 Å². The van der Waals surface area contributed by atoms with Crippen molar-refractivity contribution in [2.45, 2.75) is 109 Å².